The Labute approximate surface area is 134 Å². The van der Waals surface area contributed by atoms with Crippen LogP contribution in [0, 0.1) is 5.82 Å². The predicted molar refractivity (Wildman–Crippen MR) is 85.7 cm³/mol. The molecule has 5 nitrogen and oxygen atoms in total. The number of hydrogen-bond donors (Lipinski definition) is 2. The number of rotatable bonds is 5. The summed E-state index contributed by atoms with van der Waals surface area (Å²) >= 11 is 0. The van der Waals surface area contributed by atoms with Gasteiger partial charge in [0, 0.05) is 6.20 Å². The van der Waals surface area contributed by atoms with Crippen molar-refractivity contribution < 1.29 is 13.9 Å². The summed E-state index contributed by atoms with van der Waals surface area (Å²) in [6.07, 6.45) is 1.67. The Morgan fingerprint density at radius 2 is 1.91 bits per heavy atom. The molecule has 23 heavy (non-hydrogen) atoms. The largest absolute Gasteiger partial charge is 0.494 e. The topological polar surface area (TPSA) is 63.2 Å². The molecule has 2 N–H and O–H groups in total. The van der Waals surface area contributed by atoms with Gasteiger partial charge < -0.3 is 15.4 Å². The van der Waals surface area contributed by atoms with Crippen molar-refractivity contribution in [1.29, 1.82) is 0 Å². The minimum atomic E-state index is -0.457. The van der Waals surface area contributed by atoms with E-state index < -0.39 is 5.82 Å². The van der Waals surface area contributed by atoms with Crippen LogP contribution in [0.4, 0.5) is 9.18 Å². The fourth-order valence-electron chi connectivity index (χ4n) is 2.18. The van der Waals surface area contributed by atoms with E-state index in [9.17, 15) is 9.18 Å². The summed E-state index contributed by atoms with van der Waals surface area (Å²) in [5.41, 5.74) is 1.43. The fourth-order valence-corrected chi connectivity index (χ4v) is 2.18. The van der Waals surface area contributed by atoms with Crippen molar-refractivity contribution in [2.75, 3.05) is 7.11 Å². The minimum absolute atomic E-state index is 0.175. The quantitative estimate of drug-likeness (QED) is 0.889. The van der Waals surface area contributed by atoms with Crippen molar-refractivity contribution >= 4 is 6.03 Å². The van der Waals surface area contributed by atoms with E-state index in [0.29, 0.717) is 5.56 Å². The number of hydrogen-bond acceptors (Lipinski definition) is 3. The number of methoxy groups -OCH3 is 1. The highest BCUT2D eigenvalue weighted by Crippen LogP contribution is 2.21. The normalized spacial score (nSPS) is 13.0. The second kappa shape index (κ2) is 7.58. The van der Waals surface area contributed by atoms with Gasteiger partial charge >= 0.3 is 6.03 Å². The Kier molecular flexibility index (Phi) is 5.51. The summed E-state index contributed by atoms with van der Waals surface area (Å²) in [4.78, 5) is 16.2. The molecule has 122 valence electrons. The zero-order chi connectivity index (χ0) is 16.8. The third kappa shape index (κ3) is 4.42. The van der Waals surface area contributed by atoms with Gasteiger partial charge in [-0.3, -0.25) is 4.98 Å². The number of pyridine rings is 1. The maximum Gasteiger partial charge on any atom is 0.315 e. The molecular formula is C17H20FN3O2. The molecule has 2 rings (SSSR count). The van der Waals surface area contributed by atoms with E-state index in [2.05, 4.69) is 15.6 Å². The second-order valence-electron chi connectivity index (χ2n) is 5.21. The van der Waals surface area contributed by atoms with Gasteiger partial charge in [-0.1, -0.05) is 12.1 Å². The molecule has 0 saturated heterocycles. The van der Waals surface area contributed by atoms with E-state index >= 15 is 0 Å². The van der Waals surface area contributed by atoms with E-state index in [1.807, 2.05) is 25.1 Å². The van der Waals surface area contributed by atoms with Crippen molar-refractivity contribution in [3.63, 3.8) is 0 Å². The lowest BCUT2D eigenvalue weighted by Gasteiger charge is -2.18. The maximum absolute atomic E-state index is 13.7. The lowest BCUT2D eigenvalue weighted by atomic mass is 10.1. The van der Waals surface area contributed by atoms with Crippen LogP contribution in [0.15, 0.2) is 42.6 Å². The van der Waals surface area contributed by atoms with Crippen molar-refractivity contribution in [1.82, 2.24) is 15.6 Å². The van der Waals surface area contributed by atoms with Crippen LogP contribution in [-0.4, -0.2) is 18.1 Å². The first-order chi connectivity index (χ1) is 11.0. The van der Waals surface area contributed by atoms with Gasteiger partial charge in [-0.25, -0.2) is 9.18 Å². The Morgan fingerprint density at radius 3 is 2.52 bits per heavy atom. The summed E-state index contributed by atoms with van der Waals surface area (Å²) in [6, 6.07) is 9.22. The van der Waals surface area contributed by atoms with Crippen LogP contribution in [-0.2, 0) is 0 Å². The molecule has 1 aromatic carbocycles. The van der Waals surface area contributed by atoms with Crippen LogP contribution in [0.3, 0.4) is 0 Å². The molecule has 0 radical (unpaired) electrons. The maximum atomic E-state index is 13.7. The van der Waals surface area contributed by atoms with Crippen LogP contribution < -0.4 is 15.4 Å². The monoisotopic (exact) mass is 317 g/mol. The van der Waals surface area contributed by atoms with E-state index in [-0.39, 0.29) is 23.9 Å². The predicted octanol–water partition coefficient (Wildman–Crippen LogP) is 3.35. The average Bonchev–Trinajstić information content (AvgIpc) is 2.55. The van der Waals surface area contributed by atoms with Gasteiger partial charge in [0.05, 0.1) is 24.9 Å². The molecule has 2 aromatic rings. The molecule has 0 aliphatic heterocycles. The average molecular weight is 317 g/mol. The molecule has 1 heterocycles. The highest BCUT2D eigenvalue weighted by molar-refractivity contribution is 5.74. The van der Waals surface area contributed by atoms with Crippen LogP contribution in [0.25, 0.3) is 0 Å². The van der Waals surface area contributed by atoms with Gasteiger partial charge in [0.25, 0.3) is 0 Å². The van der Waals surface area contributed by atoms with Gasteiger partial charge in [-0.15, -0.1) is 0 Å². The van der Waals surface area contributed by atoms with Crippen LogP contribution in [0.2, 0.25) is 0 Å². The molecule has 6 heteroatoms. The number of benzene rings is 1. The Hall–Kier alpha value is -2.63. The smallest absolute Gasteiger partial charge is 0.315 e. The summed E-state index contributed by atoms with van der Waals surface area (Å²) in [6.45, 7) is 3.63. The number of carbonyl (C=O) groups is 1. The number of carbonyl (C=O) groups excluding carboxylic acids is 1. The van der Waals surface area contributed by atoms with Gasteiger partial charge in [0.1, 0.15) is 0 Å². The first kappa shape index (κ1) is 16.7. The Morgan fingerprint density at radius 1 is 1.17 bits per heavy atom. The molecule has 2 amide bonds. The summed E-state index contributed by atoms with van der Waals surface area (Å²) in [5, 5.41) is 5.58. The highest BCUT2D eigenvalue weighted by Gasteiger charge is 2.14. The Balaban J connectivity index is 1.95. The lowest BCUT2D eigenvalue weighted by molar-refractivity contribution is 0.234. The molecule has 1 aromatic heterocycles. The van der Waals surface area contributed by atoms with Crippen molar-refractivity contribution in [2.45, 2.75) is 25.9 Å². The van der Waals surface area contributed by atoms with Crippen molar-refractivity contribution in [3.05, 3.63) is 59.7 Å². The molecule has 0 saturated carbocycles. The standard InChI is InChI=1S/C17H20FN3O2/c1-11(13-7-8-16(23-3)14(18)10-13)20-17(22)21-12(2)15-6-4-5-9-19-15/h4-12H,1-3H3,(H2,20,21,22)/t11-,12-/m1/s1. The summed E-state index contributed by atoms with van der Waals surface area (Å²) in [5.74, 6) is -0.282. The summed E-state index contributed by atoms with van der Waals surface area (Å²) in [7, 11) is 1.41. The molecule has 0 fully saturated rings. The zero-order valence-electron chi connectivity index (χ0n) is 13.3. The van der Waals surface area contributed by atoms with Crippen LogP contribution in [0.5, 0.6) is 5.75 Å². The highest BCUT2D eigenvalue weighted by atomic mass is 19.1. The number of ether oxygens (including phenoxy) is 1. The molecule has 2 atom stereocenters. The molecule has 0 aliphatic rings. The van der Waals surface area contributed by atoms with E-state index in [1.165, 1.54) is 19.2 Å². The second-order valence-corrected chi connectivity index (χ2v) is 5.21. The minimum Gasteiger partial charge on any atom is -0.494 e. The summed E-state index contributed by atoms with van der Waals surface area (Å²) < 4.78 is 18.6. The lowest BCUT2D eigenvalue weighted by Crippen LogP contribution is -2.38. The first-order valence-electron chi connectivity index (χ1n) is 7.32. The molecule has 0 spiro atoms. The van der Waals surface area contributed by atoms with Crippen LogP contribution >= 0.6 is 0 Å². The number of halogens is 1. The third-order valence-corrected chi connectivity index (χ3v) is 3.50. The number of nitrogens with one attached hydrogen (secondary N) is 2. The number of aromatic nitrogens is 1. The molecular weight excluding hydrogens is 297 g/mol. The van der Waals surface area contributed by atoms with Crippen molar-refractivity contribution in [2.24, 2.45) is 0 Å². The number of amides is 2. The molecule has 0 bridgehead atoms. The van der Waals surface area contributed by atoms with Gasteiger partial charge in [-0.2, -0.15) is 0 Å². The van der Waals surface area contributed by atoms with Gasteiger partial charge in [0.15, 0.2) is 11.6 Å². The van der Waals surface area contributed by atoms with E-state index in [1.54, 1.807) is 19.2 Å². The Bertz CT molecular complexity index is 664. The van der Waals surface area contributed by atoms with Crippen LogP contribution in [0.1, 0.15) is 37.2 Å². The third-order valence-electron chi connectivity index (χ3n) is 3.50. The van der Waals surface area contributed by atoms with E-state index in [4.69, 9.17) is 4.74 Å². The van der Waals surface area contributed by atoms with Crippen molar-refractivity contribution in [3.8, 4) is 5.75 Å². The fraction of sp³-hybridized carbons (Fsp3) is 0.294. The molecule has 0 unspecified atom stereocenters. The first-order valence-corrected chi connectivity index (χ1v) is 7.32. The molecule has 0 aliphatic carbocycles. The zero-order valence-corrected chi connectivity index (χ0v) is 13.3. The number of urea groups is 1. The van der Waals surface area contributed by atoms with E-state index in [0.717, 1.165) is 5.69 Å². The SMILES string of the molecule is COc1ccc([C@@H](C)NC(=O)N[C@H](C)c2ccccn2)cc1F. The van der Waals surface area contributed by atoms with Gasteiger partial charge in [-0.05, 0) is 43.7 Å². The number of nitrogens with zero attached hydrogens (tertiary/aromatic N) is 1. The van der Waals surface area contributed by atoms with Gasteiger partial charge in [0.2, 0.25) is 0 Å².